The zero-order chi connectivity index (χ0) is 20.1. The Labute approximate surface area is 168 Å². The van der Waals surface area contributed by atoms with Crippen molar-refractivity contribution in [2.75, 3.05) is 11.9 Å². The molecule has 1 amide bonds. The molecule has 0 bridgehead atoms. The summed E-state index contributed by atoms with van der Waals surface area (Å²) >= 11 is 0. The van der Waals surface area contributed by atoms with Crippen LogP contribution in [0.5, 0.6) is 5.75 Å². The number of rotatable bonds is 6. The largest absolute Gasteiger partial charge is 0.484 e. The molecule has 6 nitrogen and oxygen atoms in total. The van der Waals surface area contributed by atoms with Crippen molar-refractivity contribution >= 4 is 11.6 Å². The Kier molecular flexibility index (Phi) is 5.33. The number of carbonyl (C=O) groups excluding carboxylic acids is 1. The van der Waals surface area contributed by atoms with E-state index in [0.29, 0.717) is 17.5 Å². The minimum atomic E-state index is -0.220. The lowest BCUT2D eigenvalue weighted by Crippen LogP contribution is -2.20. The smallest absolute Gasteiger partial charge is 0.262 e. The molecule has 0 saturated heterocycles. The molecule has 0 spiro atoms. The van der Waals surface area contributed by atoms with Crippen LogP contribution >= 0.6 is 0 Å². The van der Waals surface area contributed by atoms with E-state index >= 15 is 0 Å². The summed E-state index contributed by atoms with van der Waals surface area (Å²) < 4.78 is 11.3. The zero-order valence-corrected chi connectivity index (χ0v) is 15.8. The number of aryl methyl sites for hydroxylation is 1. The Hall–Kier alpha value is -3.93. The van der Waals surface area contributed by atoms with Crippen LogP contribution in [0, 0.1) is 6.92 Å². The first-order valence-corrected chi connectivity index (χ1v) is 9.16. The second kappa shape index (κ2) is 8.39. The molecule has 0 aliphatic heterocycles. The third-order valence-electron chi connectivity index (χ3n) is 4.25. The van der Waals surface area contributed by atoms with Crippen LogP contribution in [-0.2, 0) is 4.79 Å². The Morgan fingerprint density at radius 2 is 1.48 bits per heavy atom. The number of hydrogen-bond acceptors (Lipinski definition) is 5. The van der Waals surface area contributed by atoms with E-state index in [4.69, 9.17) is 9.15 Å². The molecule has 1 aromatic heterocycles. The quantitative estimate of drug-likeness (QED) is 0.519. The summed E-state index contributed by atoms with van der Waals surface area (Å²) in [6.07, 6.45) is 0. The van der Waals surface area contributed by atoms with E-state index in [1.54, 1.807) is 12.1 Å². The highest BCUT2D eigenvalue weighted by atomic mass is 16.5. The fourth-order valence-corrected chi connectivity index (χ4v) is 2.71. The summed E-state index contributed by atoms with van der Waals surface area (Å²) in [6, 6.07) is 24.3. The van der Waals surface area contributed by atoms with E-state index in [9.17, 15) is 4.79 Å². The maximum Gasteiger partial charge on any atom is 0.262 e. The zero-order valence-electron chi connectivity index (χ0n) is 15.8. The Balaban J connectivity index is 1.35. The highest BCUT2D eigenvalue weighted by Gasteiger charge is 2.10. The lowest BCUT2D eigenvalue weighted by Gasteiger charge is -2.08. The van der Waals surface area contributed by atoms with E-state index < -0.39 is 0 Å². The van der Waals surface area contributed by atoms with Gasteiger partial charge in [0.2, 0.25) is 11.8 Å². The molecule has 1 heterocycles. The molecule has 144 valence electrons. The van der Waals surface area contributed by atoms with E-state index in [1.165, 1.54) is 0 Å². The fraction of sp³-hybridized carbons (Fsp3) is 0.0870. The van der Waals surface area contributed by atoms with E-state index in [0.717, 1.165) is 22.4 Å². The van der Waals surface area contributed by atoms with Crippen LogP contribution in [0.3, 0.4) is 0 Å². The Bertz CT molecular complexity index is 1090. The molecule has 29 heavy (non-hydrogen) atoms. The molecule has 0 aliphatic carbocycles. The van der Waals surface area contributed by atoms with Crippen molar-refractivity contribution in [3.05, 3.63) is 84.4 Å². The van der Waals surface area contributed by atoms with E-state index in [-0.39, 0.29) is 12.5 Å². The average Bonchev–Trinajstić information content (AvgIpc) is 3.25. The molecule has 0 aliphatic rings. The number of carbonyl (C=O) groups is 1. The number of benzene rings is 3. The SMILES string of the molecule is Cc1ccc(NC(=O)COc2ccc(-c3nnc(-c4ccccc4)o3)cc2)cc1. The van der Waals surface area contributed by atoms with Crippen LogP contribution in [0.15, 0.2) is 83.3 Å². The Morgan fingerprint density at radius 3 is 2.14 bits per heavy atom. The van der Waals surface area contributed by atoms with Crippen molar-refractivity contribution < 1.29 is 13.9 Å². The van der Waals surface area contributed by atoms with Gasteiger partial charge in [-0.05, 0) is 55.5 Å². The summed E-state index contributed by atoms with van der Waals surface area (Å²) in [7, 11) is 0. The number of aromatic nitrogens is 2. The number of nitrogens with one attached hydrogen (secondary N) is 1. The molecule has 0 unspecified atom stereocenters. The highest BCUT2D eigenvalue weighted by molar-refractivity contribution is 5.91. The minimum Gasteiger partial charge on any atom is -0.484 e. The summed E-state index contributed by atoms with van der Waals surface area (Å²) in [4.78, 5) is 12.0. The first kappa shape index (κ1) is 18.4. The van der Waals surface area contributed by atoms with Gasteiger partial charge in [-0.1, -0.05) is 35.9 Å². The van der Waals surface area contributed by atoms with Gasteiger partial charge >= 0.3 is 0 Å². The van der Waals surface area contributed by atoms with Crippen molar-refractivity contribution in [3.63, 3.8) is 0 Å². The van der Waals surface area contributed by atoms with Gasteiger partial charge in [0.1, 0.15) is 5.75 Å². The summed E-state index contributed by atoms with van der Waals surface area (Å²) in [6.45, 7) is 1.92. The maximum atomic E-state index is 12.0. The van der Waals surface area contributed by atoms with Crippen LogP contribution < -0.4 is 10.1 Å². The van der Waals surface area contributed by atoms with Gasteiger partial charge in [-0.15, -0.1) is 10.2 Å². The molecule has 6 heteroatoms. The van der Waals surface area contributed by atoms with Crippen LogP contribution in [-0.4, -0.2) is 22.7 Å². The summed E-state index contributed by atoms with van der Waals surface area (Å²) in [5.74, 6) is 1.25. The van der Waals surface area contributed by atoms with Crippen molar-refractivity contribution in [1.29, 1.82) is 0 Å². The summed E-state index contributed by atoms with van der Waals surface area (Å²) in [5.41, 5.74) is 3.52. The average molecular weight is 385 g/mol. The molecule has 0 fully saturated rings. The number of amides is 1. The fourth-order valence-electron chi connectivity index (χ4n) is 2.71. The van der Waals surface area contributed by atoms with Crippen molar-refractivity contribution in [2.45, 2.75) is 6.92 Å². The number of nitrogens with zero attached hydrogens (tertiary/aromatic N) is 2. The predicted molar refractivity (Wildman–Crippen MR) is 110 cm³/mol. The molecular weight excluding hydrogens is 366 g/mol. The van der Waals surface area contributed by atoms with Gasteiger partial charge in [-0.25, -0.2) is 0 Å². The highest BCUT2D eigenvalue weighted by Crippen LogP contribution is 2.25. The third kappa shape index (κ3) is 4.68. The first-order valence-electron chi connectivity index (χ1n) is 9.16. The van der Waals surface area contributed by atoms with Crippen molar-refractivity contribution in [2.24, 2.45) is 0 Å². The summed E-state index contributed by atoms with van der Waals surface area (Å²) in [5, 5.41) is 11.0. The van der Waals surface area contributed by atoms with Gasteiger partial charge in [-0.3, -0.25) is 4.79 Å². The maximum absolute atomic E-state index is 12.0. The number of hydrogen-bond donors (Lipinski definition) is 1. The molecule has 0 atom stereocenters. The molecular formula is C23H19N3O3. The predicted octanol–water partition coefficient (Wildman–Crippen LogP) is 4.73. The monoisotopic (exact) mass is 385 g/mol. The molecule has 4 rings (SSSR count). The molecule has 0 saturated carbocycles. The molecule has 1 N–H and O–H groups in total. The lowest BCUT2D eigenvalue weighted by atomic mass is 10.2. The van der Waals surface area contributed by atoms with Crippen molar-refractivity contribution in [1.82, 2.24) is 10.2 Å². The van der Waals surface area contributed by atoms with E-state index in [1.807, 2.05) is 73.7 Å². The normalized spacial score (nSPS) is 10.5. The van der Waals surface area contributed by atoms with Gasteiger partial charge in [0, 0.05) is 16.8 Å². The van der Waals surface area contributed by atoms with Crippen molar-refractivity contribution in [3.8, 4) is 28.7 Å². The number of anilines is 1. The first-order chi connectivity index (χ1) is 14.2. The lowest BCUT2D eigenvalue weighted by molar-refractivity contribution is -0.118. The van der Waals surface area contributed by atoms with Gasteiger partial charge in [0.15, 0.2) is 6.61 Å². The van der Waals surface area contributed by atoms with Crippen LogP contribution in [0.25, 0.3) is 22.9 Å². The topological polar surface area (TPSA) is 77.2 Å². The van der Waals surface area contributed by atoms with Gasteiger partial charge in [-0.2, -0.15) is 0 Å². The second-order valence-electron chi connectivity index (χ2n) is 6.51. The molecule has 4 aromatic rings. The van der Waals surface area contributed by atoms with E-state index in [2.05, 4.69) is 15.5 Å². The minimum absolute atomic E-state index is 0.0774. The molecule has 0 radical (unpaired) electrons. The second-order valence-corrected chi connectivity index (χ2v) is 6.51. The van der Waals surface area contributed by atoms with Crippen LogP contribution in [0.4, 0.5) is 5.69 Å². The standard InChI is InChI=1S/C23H19N3O3/c1-16-7-11-19(12-8-16)24-21(27)15-28-20-13-9-18(10-14-20)23-26-25-22(29-23)17-5-3-2-4-6-17/h2-14H,15H2,1H3,(H,24,27). The van der Waals surface area contributed by atoms with Gasteiger partial charge in [0.25, 0.3) is 5.91 Å². The van der Waals surface area contributed by atoms with Gasteiger partial charge in [0.05, 0.1) is 0 Å². The van der Waals surface area contributed by atoms with Crippen LogP contribution in [0.2, 0.25) is 0 Å². The molecule has 3 aromatic carbocycles. The number of ether oxygens (including phenoxy) is 1. The van der Waals surface area contributed by atoms with Crippen LogP contribution in [0.1, 0.15) is 5.56 Å². The van der Waals surface area contributed by atoms with Gasteiger partial charge < -0.3 is 14.5 Å². The Morgan fingerprint density at radius 1 is 0.862 bits per heavy atom. The third-order valence-corrected chi connectivity index (χ3v) is 4.25.